The van der Waals surface area contributed by atoms with Crippen LogP contribution in [0.1, 0.15) is 54.4 Å². The van der Waals surface area contributed by atoms with E-state index in [0.29, 0.717) is 36.8 Å². The fourth-order valence-corrected chi connectivity index (χ4v) is 4.57. The van der Waals surface area contributed by atoms with E-state index in [1.165, 1.54) is 11.0 Å². The summed E-state index contributed by atoms with van der Waals surface area (Å²) in [7, 11) is 0. The molecular weight excluding hydrogens is 323 g/mol. The Balaban J connectivity index is 1.54. The van der Waals surface area contributed by atoms with Gasteiger partial charge in [-0.25, -0.2) is 4.39 Å². The van der Waals surface area contributed by atoms with Crippen LogP contribution in [0.2, 0.25) is 0 Å². The van der Waals surface area contributed by atoms with Gasteiger partial charge in [-0.2, -0.15) is 0 Å². The molecule has 2 unspecified atom stereocenters. The molecule has 3 saturated heterocycles. The Kier molecular flexibility index (Phi) is 3.85. The monoisotopic (exact) mass is 344 g/mol. The van der Waals surface area contributed by atoms with Crippen LogP contribution in [0.25, 0.3) is 0 Å². The summed E-state index contributed by atoms with van der Waals surface area (Å²) in [4.78, 5) is 40.2. The maximum Gasteiger partial charge on any atom is 0.254 e. The molecule has 132 valence electrons. The van der Waals surface area contributed by atoms with E-state index in [9.17, 15) is 18.8 Å². The first-order valence-electron chi connectivity index (χ1n) is 8.89. The molecule has 0 aliphatic carbocycles. The number of hydrogen-bond acceptors (Lipinski definition) is 3. The third kappa shape index (κ3) is 2.64. The molecule has 2 atom stereocenters. The number of halogens is 1. The highest BCUT2D eigenvalue weighted by Gasteiger charge is 2.47. The third-order valence-electron chi connectivity index (χ3n) is 5.82. The van der Waals surface area contributed by atoms with Gasteiger partial charge in [-0.3, -0.25) is 19.3 Å². The molecule has 0 radical (unpaired) electrons. The molecule has 5 nitrogen and oxygen atoms in total. The number of carbonyl (C=O) groups is 3. The summed E-state index contributed by atoms with van der Waals surface area (Å²) in [6.45, 7) is 1.67. The lowest BCUT2D eigenvalue weighted by molar-refractivity contribution is -0.142. The molecule has 0 spiro atoms. The van der Waals surface area contributed by atoms with E-state index in [1.54, 1.807) is 19.1 Å². The van der Waals surface area contributed by atoms with E-state index >= 15 is 0 Å². The minimum atomic E-state index is -0.374. The molecule has 3 aliphatic heterocycles. The van der Waals surface area contributed by atoms with Gasteiger partial charge in [0, 0.05) is 36.5 Å². The molecular formula is C19H21FN2O3. The number of nitrogens with zero attached hydrogens (tertiary/aromatic N) is 2. The molecule has 0 N–H and O–H groups in total. The van der Waals surface area contributed by atoms with Crippen molar-refractivity contribution in [2.75, 3.05) is 0 Å². The van der Waals surface area contributed by atoms with E-state index < -0.39 is 0 Å². The lowest BCUT2D eigenvalue weighted by Gasteiger charge is -2.41. The topological polar surface area (TPSA) is 57.7 Å². The molecule has 0 saturated carbocycles. The average Bonchev–Trinajstić information content (AvgIpc) is 3.05. The van der Waals surface area contributed by atoms with Gasteiger partial charge in [0.15, 0.2) is 0 Å². The molecule has 3 aliphatic rings. The number of rotatable bonds is 2. The standard InChI is InChI=1S/C19H21FN2O3/c1-11-2-3-12(8-16(11)20)19(25)21-13-4-5-14(21)10-15(9-13)22-17(23)6-7-18(22)24/h2-3,8,13-15H,4-7,9-10H2,1H3. The minimum Gasteiger partial charge on any atom is -0.333 e. The number of imide groups is 1. The fraction of sp³-hybridized carbons (Fsp3) is 0.526. The van der Waals surface area contributed by atoms with Gasteiger partial charge >= 0.3 is 0 Å². The van der Waals surface area contributed by atoms with Crippen molar-refractivity contribution >= 4 is 17.7 Å². The molecule has 6 heteroatoms. The van der Waals surface area contributed by atoms with E-state index in [0.717, 1.165) is 12.8 Å². The first-order chi connectivity index (χ1) is 12.0. The minimum absolute atomic E-state index is 0.0156. The SMILES string of the molecule is Cc1ccc(C(=O)N2C3CCC2CC(N2C(=O)CCC2=O)C3)cc1F. The van der Waals surface area contributed by atoms with Crippen LogP contribution < -0.4 is 0 Å². The highest BCUT2D eigenvalue weighted by molar-refractivity contribution is 6.02. The zero-order chi connectivity index (χ0) is 17.7. The van der Waals surface area contributed by atoms with Crippen LogP contribution in [0.5, 0.6) is 0 Å². The summed E-state index contributed by atoms with van der Waals surface area (Å²) in [5.41, 5.74) is 0.885. The van der Waals surface area contributed by atoms with Crippen molar-refractivity contribution in [1.82, 2.24) is 9.80 Å². The van der Waals surface area contributed by atoms with E-state index in [2.05, 4.69) is 0 Å². The Labute approximate surface area is 145 Å². The molecule has 25 heavy (non-hydrogen) atoms. The van der Waals surface area contributed by atoms with Crippen molar-refractivity contribution in [2.24, 2.45) is 0 Å². The summed E-state index contributed by atoms with van der Waals surface area (Å²) in [6.07, 6.45) is 3.61. The number of amides is 3. The van der Waals surface area contributed by atoms with Gasteiger partial charge < -0.3 is 4.90 Å². The highest BCUT2D eigenvalue weighted by Crippen LogP contribution is 2.39. The Morgan fingerprint density at radius 3 is 2.20 bits per heavy atom. The van der Waals surface area contributed by atoms with Crippen molar-refractivity contribution in [3.63, 3.8) is 0 Å². The zero-order valence-electron chi connectivity index (χ0n) is 14.2. The number of fused-ring (bicyclic) bond motifs is 2. The van der Waals surface area contributed by atoms with Crippen LogP contribution in [0, 0.1) is 12.7 Å². The van der Waals surface area contributed by atoms with Crippen molar-refractivity contribution in [3.05, 3.63) is 35.1 Å². The summed E-state index contributed by atoms with van der Waals surface area (Å²) >= 11 is 0. The average molecular weight is 344 g/mol. The molecule has 1 aromatic carbocycles. The van der Waals surface area contributed by atoms with E-state index in [1.807, 2.05) is 4.90 Å². The quantitative estimate of drug-likeness (QED) is 0.774. The van der Waals surface area contributed by atoms with Crippen LogP contribution >= 0.6 is 0 Å². The second-order valence-electron chi connectivity index (χ2n) is 7.34. The normalized spacial score (nSPS) is 28.8. The van der Waals surface area contributed by atoms with Gasteiger partial charge in [0.05, 0.1) is 0 Å². The molecule has 2 bridgehead atoms. The number of carbonyl (C=O) groups excluding carboxylic acids is 3. The predicted octanol–water partition coefficient (Wildman–Crippen LogP) is 2.42. The van der Waals surface area contributed by atoms with Gasteiger partial charge in [-0.1, -0.05) is 6.07 Å². The molecule has 4 rings (SSSR count). The largest absolute Gasteiger partial charge is 0.333 e. The first-order valence-corrected chi connectivity index (χ1v) is 8.89. The Bertz CT molecular complexity index is 733. The molecule has 3 amide bonds. The summed E-state index contributed by atoms with van der Waals surface area (Å²) in [6, 6.07) is 4.53. The fourth-order valence-electron chi connectivity index (χ4n) is 4.57. The van der Waals surface area contributed by atoms with Gasteiger partial charge in [0.25, 0.3) is 5.91 Å². The lowest BCUT2D eigenvalue weighted by Crippen LogP contribution is -2.53. The Hall–Kier alpha value is -2.24. The summed E-state index contributed by atoms with van der Waals surface area (Å²) < 4.78 is 13.8. The second-order valence-corrected chi connectivity index (χ2v) is 7.34. The predicted molar refractivity (Wildman–Crippen MR) is 88.2 cm³/mol. The van der Waals surface area contributed by atoms with Gasteiger partial charge in [0.1, 0.15) is 5.82 Å². The number of likely N-dealkylation sites (tertiary alicyclic amines) is 1. The van der Waals surface area contributed by atoms with Crippen LogP contribution in [0.15, 0.2) is 18.2 Å². The molecule has 0 aromatic heterocycles. The van der Waals surface area contributed by atoms with Crippen LogP contribution in [-0.4, -0.2) is 45.6 Å². The van der Waals surface area contributed by atoms with E-state index in [4.69, 9.17) is 0 Å². The van der Waals surface area contributed by atoms with Crippen molar-refractivity contribution in [2.45, 2.75) is 63.6 Å². The zero-order valence-corrected chi connectivity index (χ0v) is 14.2. The number of hydrogen-bond donors (Lipinski definition) is 0. The van der Waals surface area contributed by atoms with Crippen molar-refractivity contribution < 1.29 is 18.8 Å². The van der Waals surface area contributed by atoms with Gasteiger partial charge in [-0.15, -0.1) is 0 Å². The molecule has 3 fully saturated rings. The Morgan fingerprint density at radius 1 is 1.04 bits per heavy atom. The van der Waals surface area contributed by atoms with Crippen LogP contribution in [0.4, 0.5) is 4.39 Å². The van der Waals surface area contributed by atoms with Gasteiger partial charge in [-0.05, 0) is 50.3 Å². The third-order valence-corrected chi connectivity index (χ3v) is 5.82. The summed E-state index contributed by atoms with van der Waals surface area (Å²) in [5, 5.41) is 0. The maximum absolute atomic E-state index is 13.8. The summed E-state index contributed by atoms with van der Waals surface area (Å²) in [5.74, 6) is -0.699. The molecule has 3 heterocycles. The molecule has 1 aromatic rings. The van der Waals surface area contributed by atoms with Crippen LogP contribution in [-0.2, 0) is 9.59 Å². The van der Waals surface area contributed by atoms with Crippen LogP contribution in [0.3, 0.4) is 0 Å². The van der Waals surface area contributed by atoms with E-state index in [-0.39, 0.29) is 41.7 Å². The first kappa shape index (κ1) is 16.2. The second kappa shape index (κ2) is 5.93. The van der Waals surface area contributed by atoms with Crippen molar-refractivity contribution in [1.29, 1.82) is 0 Å². The number of benzene rings is 1. The number of piperidine rings is 1. The lowest BCUT2D eigenvalue weighted by atomic mass is 9.95. The Morgan fingerprint density at radius 2 is 1.64 bits per heavy atom. The number of aryl methyl sites for hydroxylation is 1. The van der Waals surface area contributed by atoms with Crippen molar-refractivity contribution in [3.8, 4) is 0 Å². The smallest absolute Gasteiger partial charge is 0.254 e. The maximum atomic E-state index is 13.8. The van der Waals surface area contributed by atoms with Gasteiger partial charge in [0.2, 0.25) is 11.8 Å². The highest BCUT2D eigenvalue weighted by atomic mass is 19.1.